The van der Waals surface area contributed by atoms with Crippen LogP contribution in [0, 0.1) is 0 Å². The molecule has 4 aromatic carbocycles. The molecule has 0 aliphatic heterocycles. The van der Waals surface area contributed by atoms with Gasteiger partial charge >= 0.3 is 0 Å². The van der Waals surface area contributed by atoms with E-state index in [0.29, 0.717) is 54.0 Å². The lowest BCUT2D eigenvalue weighted by atomic mass is 10.1. The van der Waals surface area contributed by atoms with Crippen molar-refractivity contribution < 1.29 is 23.9 Å². The lowest BCUT2D eigenvalue weighted by Crippen LogP contribution is -2.30. The van der Waals surface area contributed by atoms with Crippen LogP contribution >= 0.6 is 46.6 Å². The summed E-state index contributed by atoms with van der Waals surface area (Å²) in [7, 11) is 2.97. The van der Waals surface area contributed by atoms with Gasteiger partial charge in [0.1, 0.15) is 17.2 Å². The zero-order chi connectivity index (χ0) is 32.5. The summed E-state index contributed by atoms with van der Waals surface area (Å²) in [5.74, 6) is -0.571. The number of benzene rings is 4. The molecule has 0 saturated heterocycles. The monoisotopic (exact) mass is 683 g/mol. The van der Waals surface area contributed by atoms with Gasteiger partial charge in [-0.3, -0.25) is 14.4 Å². The van der Waals surface area contributed by atoms with Crippen molar-refractivity contribution in [3.63, 3.8) is 0 Å². The summed E-state index contributed by atoms with van der Waals surface area (Å²) >= 11 is 20.2. The second-order valence-electron chi connectivity index (χ2n) is 9.43. The molecule has 4 aromatic rings. The number of hydrogen-bond acceptors (Lipinski definition) is 6. The first-order valence-electron chi connectivity index (χ1n) is 13.4. The van der Waals surface area contributed by atoms with Gasteiger partial charge in [0, 0.05) is 37.8 Å². The predicted octanol–water partition coefficient (Wildman–Crippen LogP) is 8.19. The molecule has 0 radical (unpaired) electrons. The first kappa shape index (κ1) is 33.7. The number of carbonyl (C=O) groups excluding carboxylic acids is 3. The van der Waals surface area contributed by atoms with Crippen LogP contribution < -0.4 is 25.4 Å². The number of hydrogen-bond donors (Lipinski definition) is 3. The fourth-order valence-electron chi connectivity index (χ4n) is 4.03. The third kappa shape index (κ3) is 8.95. The highest BCUT2D eigenvalue weighted by Gasteiger charge is 2.20. The minimum atomic E-state index is -0.605. The number of anilines is 2. The number of methoxy groups -OCH3 is 2. The van der Waals surface area contributed by atoms with Gasteiger partial charge in [0.05, 0.1) is 30.2 Å². The first-order chi connectivity index (χ1) is 21.6. The number of amides is 3. The van der Waals surface area contributed by atoms with Gasteiger partial charge in [-0.15, -0.1) is 11.8 Å². The van der Waals surface area contributed by atoms with Crippen LogP contribution in [-0.2, 0) is 9.59 Å². The normalized spacial score (nSPS) is 11.7. The highest BCUT2D eigenvalue weighted by molar-refractivity contribution is 8.00. The molecule has 45 heavy (non-hydrogen) atoms. The minimum absolute atomic E-state index is 0.0724. The summed E-state index contributed by atoms with van der Waals surface area (Å²) < 4.78 is 10.6. The van der Waals surface area contributed by atoms with Crippen molar-refractivity contribution in [1.82, 2.24) is 5.32 Å². The van der Waals surface area contributed by atoms with Crippen molar-refractivity contribution >= 4 is 81.7 Å². The van der Waals surface area contributed by atoms with E-state index in [1.165, 1.54) is 32.1 Å². The van der Waals surface area contributed by atoms with Crippen LogP contribution in [0.15, 0.2) is 95.5 Å². The highest BCUT2D eigenvalue weighted by atomic mass is 35.5. The molecule has 0 bridgehead atoms. The lowest BCUT2D eigenvalue weighted by Gasteiger charge is -2.16. The largest absolute Gasteiger partial charge is 0.495 e. The second kappa shape index (κ2) is 15.7. The van der Waals surface area contributed by atoms with E-state index in [1.54, 1.807) is 85.8 Å². The summed E-state index contributed by atoms with van der Waals surface area (Å²) in [6.45, 7) is 1.75. The molecule has 0 aliphatic rings. The zero-order valence-electron chi connectivity index (χ0n) is 24.3. The number of halogens is 3. The van der Waals surface area contributed by atoms with Gasteiger partial charge in [0.2, 0.25) is 5.91 Å². The zero-order valence-corrected chi connectivity index (χ0v) is 27.4. The Bertz CT molecular complexity index is 1730. The lowest BCUT2D eigenvalue weighted by molar-refractivity contribution is -0.115. The van der Waals surface area contributed by atoms with E-state index in [2.05, 4.69) is 16.0 Å². The van der Waals surface area contributed by atoms with Crippen LogP contribution in [0.4, 0.5) is 11.4 Å². The molecule has 12 heteroatoms. The van der Waals surface area contributed by atoms with Crippen LogP contribution in [0.3, 0.4) is 0 Å². The van der Waals surface area contributed by atoms with E-state index < -0.39 is 17.1 Å². The molecule has 0 heterocycles. The van der Waals surface area contributed by atoms with Crippen molar-refractivity contribution in [2.45, 2.75) is 17.1 Å². The van der Waals surface area contributed by atoms with E-state index in [9.17, 15) is 14.4 Å². The summed E-state index contributed by atoms with van der Waals surface area (Å²) in [6, 6.07) is 23.5. The van der Waals surface area contributed by atoms with Crippen molar-refractivity contribution in [3.05, 3.63) is 117 Å². The third-order valence-electron chi connectivity index (χ3n) is 6.32. The Morgan fingerprint density at radius 1 is 0.778 bits per heavy atom. The van der Waals surface area contributed by atoms with Gasteiger partial charge in [-0.25, -0.2) is 0 Å². The fourth-order valence-corrected chi connectivity index (χ4v) is 5.70. The Hall–Kier alpha value is -4.15. The molecule has 3 N–H and O–H groups in total. The molecule has 1 unspecified atom stereocenters. The molecule has 0 fully saturated rings. The number of carbonyl (C=O) groups is 3. The smallest absolute Gasteiger partial charge is 0.272 e. The number of nitrogens with one attached hydrogen (secondary N) is 3. The summed E-state index contributed by atoms with van der Waals surface area (Å²) in [5.41, 5.74) is 1.50. The fraction of sp³-hybridized carbons (Fsp3) is 0.121. The molecular weight excluding hydrogens is 657 g/mol. The van der Waals surface area contributed by atoms with E-state index in [1.807, 2.05) is 6.07 Å². The van der Waals surface area contributed by atoms with E-state index in [4.69, 9.17) is 44.3 Å². The maximum Gasteiger partial charge on any atom is 0.272 e. The van der Waals surface area contributed by atoms with Crippen LogP contribution in [0.5, 0.6) is 11.5 Å². The molecule has 0 aliphatic carbocycles. The minimum Gasteiger partial charge on any atom is -0.495 e. The van der Waals surface area contributed by atoms with Gasteiger partial charge in [-0.05, 0) is 61.5 Å². The number of rotatable bonds is 11. The Kier molecular flexibility index (Phi) is 11.8. The number of thioether (sulfide) groups is 1. The molecule has 1 atom stereocenters. The van der Waals surface area contributed by atoms with Gasteiger partial charge in [0.25, 0.3) is 11.8 Å². The maximum atomic E-state index is 13.5. The van der Waals surface area contributed by atoms with Crippen LogP contribution in [-0.4, -0.2) is 37.2 Å². The summed E-state index contributed by atoms with van der Waals surface area (Å²) in [4.78, 5) is 40.2. The SMILES string of the molecule is COc1cc(OC)c(NC(=O)C(C)Sc2cccc(NC(=O)/C(=C\c3c(Cl)cccc3Cl)NC(=O)c3ccccc3)c2)cc1Cl. The van der Waals surface area contributed by atoms with E-state index >= 15 is 0 Å². The Morgan fingerprint density at radius 2 is 1.44 bits per heavy atom. The molecule has 0 aromatic heterocycles. The summed E-state index contributed by atoms with van der Waals surface area (Å²) in [5, 5.41) is 8.71. The molecule has 0 saturated carbocycles. The van der Waals surface area contributed by atoms with Crippen molar-refractivity contribution in [2.24, 2.45) is 0 Å². The third-order valence-corrected chi connectivity index (χ3v) is 8.37. The van der Waals surface area contributed by atoms with Gasteiger partial charge in [-0.1, -0.05) is 65.1 Å². The van der Waals surface area contributed by atoms with Crippen LogP contribution in [0.2, 0.25) is 15.1 Å². The second-order valence-corrected chi connectivity index (χ2v) is 12.1. The van der Waals surface area contributed by atoms with Crippen LogP contribution in [0.1, 0.15) is 22.8 Å². The quantitative estimate of drug-likeness (QED) is 0.109. The Balaban J connectivity index is 1.51. The van der Waals surface area contributed by atoms with Crippen molar-refractivity contribution in [2.75, 3.05) is 24.9 Å². The van der Waals surface area contributed by atoms with Gasteiger partial charge < -0.3 is 25.4 Å². The molecule has 4 rings (SSSR count). The standard InChI is InChI=1S/C33H28Cl3N3O5S/c1-19(31(40)38-27-17-26(36)29(43-2)18-30(27)44-3)45-22-12-7-11-21(15-22)37-33(42)28(16-23-24(34)13-8-14-25(23)35)39-32(41)20-9-5-4-6-10-20/h4-19H,1-3H3,(H,37,42)(H,38,40)(H,39,41)/b28-16+. The Labute approximate surface area is 280 Å². The Morgan fingerprint density at radius 3 is 2.11 bits per heavy atom. The van der Waals surface area contributed by atoms with Crippen LogP contribution in [0.25, 0.3) is 6.08 Å². The highest BCUT2D eigenvalue weighted by Crippen LogP contribution is 2.36. The average molecular weight is 685 g/mol. The first-order valence-corrected chi connectivity index (χ1v) is 15.4. The topological polar surface area (TPSA) is 106 Å². The molecule has 0 spiro atoms. The molecule has 3 amide bonds. The number of ether oxygens (including phenoxy) is 2. The predicted molar refractivity (Wildman–Crippen MR) is 182 cm³/mol. The summed E-state index contributed by atoms with van der Waals surface area (Å²) in [6.07, 6.45) is 1.42. The molecule has 232 valence electrons. The van der Waals surface area contributed by atoms with E-state index in [0.717, 1.165) is 0 Å². The van der Waals surface area contributed by atoms with Gasteiger partial charge in [-0.2, -0.15) is 0 Å². The molecular formula is C33H28Cl3N3O5S. The molecule has 8 nitrogen and oxygen atoms in total. The van der Waals surface area contributed by atoms with Crippen molar-refractivity contribution in [3.8, 4) is 11.5 Å². The van der Waals surface area contributed by atoms with Gasteiger partial charge in [0.15, 0.2) is 0 Å². The van der Waals surface area contributed by atoms with E-state index in [-0.39, 0.29) is 11.6 Å². The average Bonchev–Trinajstić information content (AvgIpc) is 3.02. The van der Waals surface area contributed by atoms with Crippen molar-refractivity contribution in [1.29, 1.82) is 0 Å². The maximum absolute atomic E-state index is 13.5.